The number of hydrogen-bond donors (Lipinski definition) is 2. The quantitative estimate of drug-likeness (QED) is 0.109. The molecule has 0 radical (unpaired) electrons. The van der Waals surface area contributed by atoms with Crippen molar-refractivity contribution in [3.63, 3.8) is 0 Å². The molecule has 0 spiro atoms. The van der Waals surface area contributed by atoms with Crippen LogP contribution in [0.4, 0.5) is 0 Å². The molecular formula is C65H110N2O4. The Bertz CT molecular complexity index is 1780. The topological polar surface area (TPSA) is 110 Å². The number of rotatable bonds is 13. The molecule has 71 heavy (non-hydrogen) atoms. The summed E-state index contributed by atoms with van der Waals surface area (Å²) in [6, 6.07) is 0. The van der Waals surface area contributed by atoms with Crippen LogP contribution in [0.1, 0.15) is 244 Å². The van der Waals surface area contributed by atoms with Crippen molar-refractivity contribution in [2.45, 2.75) is 244 Å². The first-order valence-corrected chi connectivity index (χ1v) is 30.5. The van der Waals surface area contributed by atoms with Crippen LogP contribution in [-0.2, 0) is 14.4 Å². The van der Waals surface area contributed by atoms with Crippen LogP contribution in [0.3, 0.4) is 0 Å². The van der Waals surface area contributed by atoms with Crippen molar-refractivity contribution in [1.82, 2.24) is 0 Å². The van der Waals surface area contributed by atoms with Gasteiger partial charge in [0.2, 0.25) is 5.91 Å². The minimum absolute atomic E-state index is 0. The van der Waals surface area contributed by atoms with E-state index in [-0.39, 0.29) is 18.7 Å². The van der Waals surface area contributed by atoms with Gasteiger partial charge in [0.05, 0.1) is 5.71 Å². The molecular weight excluding hydrogens is 873 g/mol. The SMILES string of the molecule is C.C/C(=N/O)C12CC3CC(C1)C(C(C)C)C(C3)C2.CC(=O)CC12CC3CC(C1)C(C(C)C)C(C3)C2.CC(=O)CCC12CC3CC(C1)C(C(C)C)C(C3)C2.CC(C)C1C2CC3CC1CC(CCC(N)=O)(C3)C2. The fraction of sp³-hybridized carbons (Fsp3) is 0.938. The van der Waals surface area contributed by atoms with Gasteiger partial charge in [-0.15, -0.1) is 0 Å². The Morgan fingerprint density at radius 1 is 0.451 bits per heavy atom. The van der Waals surface area contributed by atoms with Gasteiger partial charge in [-0.05, 0) is 297 Å². The second-order valence-corrected chi connectivity index (χ2v) is 30.7. The van der Waals surface area contributed by atoms with Crippen molar-refractivity contribution in [2.24, 2.45) is 151 Å². The number of hydrogen-bond acceptors (Lipinski definition) is 5. The molecule has 16 saturated carbocycles. The van der Waals surface area contributed by atoms with E-state index in [2.05, 4.69) is 60.5 Å². The molecule has 8 unspecified atom stereocenters. The number of ketones is 2. The van der Waals surface area contributed by atoms with E-state index in [4.69, 9.17) is 10.9 Å². The average molecular weight is 984 g/mol. The summed E-state index contributed by atoms with van der Waals surface area (Å²) >= 11 is 0. The van der Waals surface area contributed by atoms with Crippen LogP contribution in [0.15, 0.2) is 5.16 Å². The number of amides is 1. The Kier molecular flexibility index (Phi) is 16.7. The molecule has 16 aliphatic rings. The van der Waals surface area contributed by atoms with Gasteiger partial charge in [-0.1, -0.05) is 68.0 Å². The first-order valence-electron chi connectivity index (χ1n) is 30.5. The third-order valence-corrected chi connectivity index (χ3v) is 24.3. The van der Waals surface area contributed by atoms with Crippen molar-refractivity contribution >= 4 is 23.2 Å². The second-order valence-electron chi connectivity index (χ2n) is 30.7. The lowest BCUT2D eigenvalue weighted by Gasteiger charge is -2.61. The number of carbonyl (C=O) groups is 3. The van der Waals surface area contributed by atoms with Gasteiger partial charge in [0.15, 0.2) is 0 Å². The molecule has 6 heteroatoms. The molecule has 16 aliphatic carbocycles. The highest BCUT2D eigenvalue weighted by molar-refractivity contribution is 5.88. The third kappa shape index (κ3) is 11.3. The van der Waals surface area contributed by atoms with Crippen LogP contribution >= 0.6 is 0 Å². The van der Waals surface area contributed by atoms with E-state index in [1.165, 1.54) is 135 Å². The molecule has 1 amide bonds. The van der Waals surface area contributed by atoms with Gasteiger partial charge in [0.1, 0.15) is 11.6 Å². The maximum absolute atomic E-state index is 11.5. The number of oxime groups is 1. The van der Waals surface area contributed by atoms with E-state index in [0.29, 0.717) is 34.2 Å². The monoisotopic (exact) mass is 983 g/mol. The summed E-state index contributed by atoms with van der Waals surface area (Å²) in [4.78, 5) is 33.9. The van der Waals surface area contributed by atoms with Gasteiger partial charge in [-0.2, -0.15) is 0 Å². The summed E-state index contributed by atoms with van der Waals surface area (Å²) in [6.07, 6.45) is 32.8. The van der Waals surface area contributed by atoms with Crippen LogP contribution in [0.25, 0.3) is 0 Å². The second kappa shape index (κ2) is 21.4. The molecule has 0 aromatic heterocycles. The lowest BCUT2D eigenvalue weighted by Crippen LogP contribution is -2.54. The van der Waals surface area contributed by atoms with Gasteiger partial charge in [0.25, 0.3) is 0 Å². The summed E-state index contributed by atoms with van der Waals surface area (Å²) in [6.45, 7) is 24.9. The average Bonchev–Trinajstić information content (AvgIpc) is 3.23. The molecule has 6 nitrogen and oxygen atoms in total. The molecule has 16 bridgehead atoms. The van der Waals surface area contributed by atoms with Crippen molar-refractivity contribution in [1.29, 1.82) is 0 Å². The number of nitrogens with zero attached hydrogens (tertiary/aromatic N) is 1. The molecule has 8 atom stereocenters. The van der Waals surface area contributed by atoms with E-state index >= 15 is 0 Å². The highest BCUT2D eigenvalue weighted by Crippen LogP contribution is 2.68. The Morgan fingerprint density at radius 3 is 1.04 bits per heavy atom. The molecule has 16 rings (SSSR count). The van der Waals surface area contributed by atoms with Crippen molar-refractivity contribution in [2.75, 3.05) is 0 Å². The lowest BCUT2D eigenvalue weighted by atomic mass is 9.44. The molecule has 0 aliphatic heterocycles. The van der Waals surface area contributed by atoms with Crippen LogP contribution in [0, 0.1) is 140 Å². The Labute approximate surface area is 436 Å². The Morgan fingerprint density at radius 2 is 0.746 bits per heavy atom. The molecule has 404 valence electrons. The number of Topliss-reactive ketones (excluding diaryl/α,β-unsaturated/α-hetero) is 2. The molecule has 0 aromatic carbocycles. The van der Waals surface area contributed by atoms with Crippen molar-refractivity contribution in [3.8, 4) is 0 Å². The first-order chi connectivity index (χ1) is 33.0. The van der Waals surface area contributed by atoms with Gasteiger partial charge in [-0.25, -0.2) is 0 Å². The van der Waals surface area contributed by atoms with Gasteiger partial charge < -0.3 is 20.5 Å². The van der Waals surface area contributed by atoms with Gasteiger partial charge >= 0.3 is 0 Å². The van der Waals surface area contributed by atoms with E-state index in [1.54, 1.807) is 13.8 Å². The number of primary amides is 1. The highest BCUT2D eigenvalue weighted by atomic mass is 16.4. The summed E-state index contributed by atoms with van der Waals surface area (Å²) < 4.78 is 0. The van der Waals surface area contributed by atoms with Crippen LogP contribution < -0.4 is 5.73 Å². The maximum Gasteiger partial charge on any atom is 0.217 e. The predicted molar refractivity (Wildman–Crippen MR) is 293 cm³/mol. The molecule has 16 fully saturated rings. The zero-order valence-electron chi connectivity index (χ0n) is 46.9. The van der Waals surface area contributed by atoms with Gasteiger partial charge in [0, 0.05) is 24.7 Å². The third-order valence-electron chi connectivity index (χ3n) is 24.3. The fourth-order valence-electron chi connectivity index (χ4n) is 23.8. The summed E-state index contributed by atoms with van der Waals surface area (Å²) in [5, 5.41) is 12.7. The van der Waals surface area contributed by atoms with Gasteiger partial charge in [-0.3, -0.25) is 4.79 Å². The first kappa shape index (κ1) is 55.5. The minimum atomic E-state index is -0.105. The number of carbonyl (C=O) groups excluding carboxylic acids is 3. The van der Waals surface area contributed by atoms with Crippen LogP contribution in [-0.4, -0.2) is 28.4 Å². The van der Waals surface area contributed by atoms with Crippen molar-refractivity contribution in [3.05, 3.63) is 0 Å². The summed E-state index contributed by atoms with van der Waals surface area (Å²) in [5.41, 5.74) is 8.16. The van der Waals surface area contributed by atoms with Crippen LogP contribution in [0.5, 0.6) is 0 Å². The molecule has 0 heterocycles. The number of nitrogens with two attached hydrogens (primary N) is 1. The summed E-state index contributed by atoms with van der Waals surface area (Å²) in [7, 11) is 0. The van der Waals surface area contributed by atoms with Crippen molar-refractivity contribution < 1.29 is 19.6 Å². The highest BCUT2D eigenvalue weighted by Gasteiger charge is 2.59. The molecule has 0 saturated heterocycles. The predicted octanol–water partition coefficient (Wildman–Crippen LogP) is 16.4. The molecule has 0 aromatic rings. The fourth-order valence-corrected chi connectivity index (χ4v) is 23.8. The van der Waals surface area contributed by atoms with E-state index in [9.17, 15) is 14.4 Å². The zero-order chi connectivity index (χ0) is 50.2. The van der Waals surface area contributed by atoms with E-state index < -0.39 is 0 Å². The van der Waals surface area contributed by atoms with Crippen LogP contribution in [0.2, 0.25) is 0 Å². The Hall–Kier alpha value is -1.72. The zero-order valence-corrected chi connectivity index (χ0v) is 46.9. The van der Waals surface area contributed by atoms with E-state index in [1.807, 2.05) is 6.92 Å². The maximum atomic E-state index is 11.5. The van der Waals surface area contributed by atoms with E-state index in [0.717, 1.165) is 143 Å². The molecule has 3 N–H and O–H groups in total. The minimum Gasteiger partial charge on any atom is -0.411 e. The summed E-state index contributed by atoms with van der Waals surface area (Å²) in [5.74, 6) is 19.4. The largest absolute Gasteiger partial charge is 0.411 e. The smallest absolute Gasteiger partial charge is 0.217 e. The Balaban J connectivity index is 0.000000126. The lowest BCUT2D eigenvalue weighted by molar-refractivity contribution is -0.134. The normalized spacial score (nSPS) is 46.4. The standard InChI is InChI=1S/C17H28O.C16H27NO.C16H26O.C15H25NO.CH4/c1-11(2)16-14-6-13-7-15(16)10-17(8-13,9-14)5-4-12(3)18;1-10(2)15-12-5-11-6-13(15)9-16(7-11,8-12)4-3-14(17)18;1-10(2)15-13-4-12-5-14(15)9-16(7-12,8-13)6-11(3)17;1-9(2)14-12-4-11-5-13(14)8-15(6-11,7-12)10(3)16-17;/h11,13-16H,4-10H2,1-3H3;10-13,15H,3-9H2,1-2H3,(H2,17,18);10,12-15H,4-9H2,1-3H3;9,11-14,17H,4-8H2,1-3H3;1H4/b;;;16-10-;.